The number of hydrogen-bond acceptors (Lipinski definition) is 2. The summed E-state index contributed by atoms with van der Waals surface area (Å²) in [5, 5.41) is 1.30. The number of anilines is 1. The van der Waals surface area contributed by atoms with Crippen LogP contribution in [-0.2, 0) is 16.1 Å². The van der Waals surface area contributed by atoms with E-state index in [9.17, 15) is 4.79 Å². The van der Waals surface area contributed by atoms with Gasteiger partial charge in [-0.05, 0) is 18.1 Å². The molecule has 76 valence electrons. The van der Waals surface area contributed by atoms with Crippen LogP contribution in [0.4, 0.5) is 5.69 Å². The third-order valence-electron chi connectivity index (χ3n) is 2.32. The monoisotopic (exact) mass is 201 g/mol. The average molecular weight is 201 g/mol. The van der Waals surface area contributed by atoms with Crippen molar-refractivity contribution < 1.29 is 9.63 Å². The normalized spacial score (nSPS) is 14.6. The number of aryl methyl sites for hydroxylation is 1. The second kappa shape index (κ2) is 4.16. The molecule has 0 atom stereocenters. The maximum Gasteiger partial charge on any atom is 0.251 e. The molecule has 15 heavy (non-hydrogen) atoms. The number of terminal acetylenes is 1. The summed E-state index contributed by atoms with van der Waals surface area (Å²) in [6.07, 6.45) is 6.34. The predicted molar refractivity (Wildman–Crippen MR) is 57.0 cm³/mol. The van der Waals surface area contributed by atoms with Crippen molar-refractivity contribution in [3.05, 3.63) is 29.8 Å². The van der Waals surface area contributed by atoms with Crippen molar-refractivity contribution in [1.29, 1.82) is 0 Å². The van der Waals surface area contributed by atoms with Gasteiger partial charge in [0.05, 0.1) is 5.69 Å². The summed E-state index contributed by atoms with van der Waals surface area (Å²) in [5.41, 5.74) is 1.93. The molecule has 0 spiro atoms. The van der Waals surface area contributed by atoms with Gasteiger partial charge in [0, 0.05) is 6.42 Å². The lowest BCUT2D eigenvalue weighted by atomic mass is 10.0. The van der Waals surface area contributed by atoms with Crippen LogP contribution in [0.15, 0.2) is 24.3 Å². The zero-order chi connectivity index (χ0) is 10.7. The first-order valence-electron chi connectivity index (χ1n) is 4.80. The fourth-order valence-electron chi connectivity index (χ4n) is 1.64. The Balaban J connectivity index is 2.29. The summed E-state index contributed by atoms with van der Waals surface area (Å²) in [6, 6.07) is 7.69. The van der Waals surface area contributed by atoms with E-state index in [0.717, 1.165) is 17.7 Å². The highest BCUT2D eigenvalue weighted by Gasteiger charge is 2.24. The molecule has 1 aliphatic heterocycles. The van der Waals surface area contributed by atoms with Gasteiger partial charge in [0.15, 0.2) is 0 Å². The van der Waals surface area contributed by atoms with E-state index < -0.39 is 0 Å². The number of fused-ring (bicyclic) bond motifs is 1. The first-order valence-corrected chi connectivity index (χ1v) is 4.80. The fourth-order valence-corrected chi connectivity index (χ4v) is 1.64. The molecule has 0 N–H and O–H groups in total. The number of carbonyl (C=O) groups excluding carboxylic acids is 1. The van der Waals surface area contributed by atoms with Gasteiger partial charge in [0.2, 0.25) is 0 Å². The highest BCUT2D eigenvalue weighted by atomic mass is 16.7. The topological polar surface area (TPSA) is 29.5 Å². The number of amides is 1. The standard InChI is InChI=1S/C12H11NO2/c1-2-9-15-13-11-6-4-3-5-10(11)7-8-12(13)14/h1,3-6H,7-9H2. The summed E-state index contributed by atoms with van der Waals surface area (Å²) < 4.78 is 0. The molecule has 0 radical (unpaired) electrons. The number of hydroxylamine groups is 1. The first-order chi connectivity index (χ1) is 7.33. The Morgan fingerprint density at radius 3 is 3.00 bits per heavy atom. The van der Waals surface area contributed by atoms with Gasteiger partial charge < -0.3 is 0 Å². The molecule has 1 amide bonds. The second-order valence-electron chi connectivity index (χ2n) is 3.29. The molecular weight excluding hydrogens is 190 g/mol. The molecule has 0 fully saturated rings. The Bertz CT molecular complexity index is 420. The van der Waals surface area contributed by atoms with Gasteiger partial charge in [-0.3, -0.25) is 9.63 Å². The van der Waals surface area contributed by atoms with Crippen LogP contribution in [0.3, 0.4) is 0 Å². The number of carbonyl (C=O) groups is 1. The van der Waals surface area contributed by atoms with Crippen molar-refractivity contribution in [3.63, 3.8) is 0 Å². The molecular formula is C12H11NO2. The van der Waals surface area contributed by atoms with E-state index in [1.807, 2.05) is 24.3 Å². The number of benzene rings is 1. The van der Waals surface area contributed by atoms with E-state index in [2.05, 4.69) is 5.92 Å². The van der Waals surface area contributed by atoms with Crippen molar-refractivity contribution in [1.82, 2.24) is 0 Å². The summed E-state index contributed by atoms with van der Waals surface area (Å²) in [4.78, 5) is 16.8. The molecule has 0 saturated heterocycles. The number of hydrogen-bond donors (Lipinski definition) is 0. The Kier molecular flexibility index (Phi) is 2.70. The number of para-hydroxylation sites is 1. The summed E-state index contributed by atoms with van der Waals surface area (Å²) in [5.74, 6) is 2.31. The van der Waals surface area contributed by atoms with Gasteiger partial charge in [0.25, 0.3) is 5.91 Å². The molecule has 1 heterocycles. The van der Waals surface area contributed by atoms with Gasteiger partial charge in [-0.2, -0.15) is 5.06 Å². The fraction of sp³-hybridized carbons (Fsp3) is 0.250. The number of nitrogens with zero attached hydrogens (tertiary/aromatic N) is 1. The summed E-state index contributed by atoms with van der Waals surface area (Å²) in [7, 11) is 0. The molecule has 0 saturated carbocycles. The zero-order valence-corrected chi connectivity index (χ0v) is 8.27. The maximum absolute atomic E-state index is 11.6. The van der Waals surface area contributed by atoms with E-state index in [4.69, 9.17) is 11.3 Å². The minimum atomic E-state index is -0.0380. The van der Waals surface area contributed by atoms with Gasteiger partial charge in [0.1, 0.15) is 6.61 Å². The van der Waals surface area contributed by atoms with E-state index >= 15 is 0 Å². The second-order valence-corrected chi connectivity index (χ2v) is 3.29. The Morgan fingerprint density at radius 2 is 2.20 bits per heavy atom. The van der Waals surface area contributed by atoms with Crippen LogP contribution in [-0.4, -0.2) is 12.5 Å². The predicted octanol–water partition coefficient (Wildman–Crippen LogP) is 1.53. The molecule has 3 heteroatoms. The van der Waals surface area contributed by atoms with Crippen molar-refractivity contribution in [2.45, 2.75) is 12.8 Å². The Labute approximate surface area is 88.6 Å². The highest BCUT2D eigenvalue weighted by Crippen LogP contribution is 2.27. The van der Waals surface area contributed by atoms with Gasteiger partial charge in [-0.25, -0.2) is 0 Å². The van der Waals surface area contributed by atoms with Crippen molar-refractivity contribution in [3.8, 4) is 12.3 Å². The summed E-state index contributed by atoms with van der Waals surface area (Å²) in [6.45, 7) is 0.111. The van der Waals surface area contributed by atoms with Crippen LogP contribution in [0.1, 0.15) is 12.0 Å². The third kappa shape index (κ3) is 1.85. The van der Waals surface area contributed by atoms with E-state index in [0.29, 0.717) is 6.42 Å². The quantitative estimate of drug-likeness (QED) is 0.679. The van der Waals surface area contributed by atoms with Crippen LogP contribution >= 0.6 is 0 Å². The van der Waals surface area contributed by atoms with E-state index in [-0.39, 0.29) is 12.5 Å². The van der Waals surface area contributed by atoms with Gasteiger partial charge in [-0.1, -0.05) is 24.1 Å². The van der Waals surface area contributed by atoms with Gasteiger partial charge >= 0.3 is 0 Å². The van der Waals surface area contributed by atoms with Crippen molar-refractivity contribution in [2.75, 3.05) is 11.7 Å². The minimum absolute atomic E-state index is 0.0380. The van der Waals surface area contributed by atoms with Crippen molar-refractivity contribution in [2.24, 2.45) is 0 Å². The minimum Gasteiger partial charge on any atom is -0.272 e. The molecule has 1 aliphatic rings. The Hall–Kier alpha value is -1.79. The lowest BCUT2D eigenvalue weighted by Gasteiger charge is -2.27. The lowest BCUT2D eigenvalue weighted by molar-refractivity contribution is -0.125. The zero-order valence-electron chi connectivity index (χ0n) is 8.27. The molecule has 0 aliphatic carbocycles. The van der Waals surface area contributed by atoms with Crippen LogP contribution < -0.4 is 5.06 Å². The van der Waals surface area contributed by atoms with E-state index in [1.165, 1.54) is 5.06 Å². The largest absolute Gasteiger partial charge is 0.272 e. The number of rotatable bonds is 2. The van der Waals surface area contributed by atoms with Crippen LogP contribution in [0.2, 0.25) is 0 Å². The molecule has 1 aromatic rings. The van der Waals surface area contributed by atoms with Crippen LogP contribution in [0.5, 0.6) is 0 Å². The third-order valence-corrected chi connectivity index (χ3v) is 2.32. The SMILES string of the molecule is C#CCON1C(=O)CCc2ccccc21. The average Bonchev–Trinajstić information content (AvgIpc) is 2.28. The van der Waals surface area contributed by atoms with Crippen LogP contribution in [0.25, 0.3) is 0 Å². The molecule has 2 rings (SSSR count). The first kappa shape index (κ1) is 9.75. The molecule has 3 nitrogen and oxygen atoms in total. The molecule has 1 aromatic carbocycles. The Morgan fingerprint density at radius 1 is 1.40 bits per heavy atom. The van der Waals surface area contributed by atoms with E-state index in [1.54, 1.807) is 0 Å². The molecule has 0 bridgehead atoms. The lowest BCUT2D eigenvalue weighted by Crippen LogP contribution is -2.35. The van der Waals surface area contributed by atoms with Gasteiger partial charge in [-0.15, -0.1) is 6.42 Å². The van der Waals surface area contributed by atoms with Crippen LogP contribution in [0, 0.1) is 12.3 Å². The maximum atomic E-state index is 11.6. The highest BCUT2D eigenvalue weighted by molar-refractivity contribution is 5.94. The summed E-state index contributed by atoms with van der Waals surface area (Å²) >= 11 is 0. The molecule has 0 unspecified atom stereocenters. The smallest absolute Gasteiger partial charge is 0.251 e. The molecule has 0 aromatic heterocycles. The van der Waals surface area contributed by atoms with Crippen molar-refractivity contribution >= 4 is 11.6 Å².